The van der Waals surface area contributed by atoms with E-state index >= 15 is 0 Å². The zero-order chi connectivity index (χ0) is 17.8. The molecule has 0 spiro atoms. The quantitative estimate of drug-likeness (QED) is 0.784. The van der Waals surface area contributed by atoms with Crippen LogP contribution < -0.4 is 15.2 Å². The third kappa shape index (κ3) is 3.24. The Morgan fingerprint density at radius 1 is 0.920 bits per heavy atom. The first-order valence-corrected chi connectivity index (χ1v) is 7.65. The van der Waals surface area contributed by atoms with Crippen LogP contribution >= 0.6 is 0 Å². The van der Waals surface area contributed by atoms with E-state index < -0.39 is 0 Å². The Balaban J connectivity index is 2.16. The maximum absolute atomic E-state index is 9.49. The van der Waals surface area contributed by atoms with E-state index in [1.807, 2.05) is 54.6 Å². The van der Waals surface area contributed by atoms with Crippen LogP contribution in [-0.4, -0.2) is 19.2 Å². The summed E-state index contributed by atoms with van der Waals surface area (Å²) >= 11 is 0. The lowest BCUT2D eigenvalue weighted by Gasteiger charge is -2.11. The minimum Gasteiger partial charge on any atom is -0.497 e. The third-order valence-corrected chi connectivity index (χ3v) is 3.93. The lowest BCUT2D eigenvalue weighted by molar-refractivity contribution is 0.415. The van der Waals surface area contributed by atoms with E-state index in [0.717, 1.165) is 28.2 Å². The number of nitrogens with zero attached hydrogens (tertiary/aromatic N) is 2. The molecule has 124 valence electrons. The number of hydrogen-bond acceptors (Lipinski definition) is 5. The van der Waals surface area contributed by atoms with Crippen LogP contribution in [0.4, 0.5) is 5.82 Å². The second-order valence-electron chi connectivity index (χ2n) is 5.39. The van der Waals surface area contributed by atoms with Gasteiger partial charge in [0, 0.05) is 11.1 Å². The summed E-state index contributed by atoms with van der Waals surface area (Å²) in [5, 5.41) is 9.49. The second kappa shape index (κ2) is 6.93. The van der Waals surface area contributed by atoms with Crippen LogP contribution in [0.2, 0.25) is 0 Å². The fourth-order valence-electron chi connectivity index (χ4n) is 2.61. The van der Waals surface area contributed by atoms with Crippen molar-refractivity contribution in [2.24, 2.45) is 0 Å². The van der Waals surface area contributed by atoms with Gasteiger partial charge in [-0.05, 0) is 35.9 Å². The Bertz CT molecular complexity index is 944. The smallest absolute Gasteiger partial charge is 0.142 e. The summed E-state index contributed by atoms with van der Waals surface area (Å²) in [6.07, 6.45) is 0. The van der Waals surface area contributed by atoms with Crippen molar-refractivity contribution in [2.45, 2.75) is 0 Å². The maximum Gasteiger partial charge on any atom is 0.142 e. The Kier molecular flexibility index (Phi) is 4.53. The molecule has 25 heavy (non-hydrogen) atoms. The highest BCUT2D eigenvalue weighted by molar-refractivity contribution is 5.80. The molecule has 2 N–H and O–H groups in total. The first-order valence-electron chi connectivity index (χ1n) is 7.65. The molecule has 0 fully saturated rings. The minimum atomic E-state index is 0.202. The summed E-state index contributed by atoms with van der Waals surface area (Å²) < 4.78 is 10.5. The highest BCUT2D eigenvalue weighted by Crippen LogP contribution is 2.32. The van der Waals surface area contributed by atoms with Gasteiger partial charge in [-0.1, -0.05) is 24.3 Å². The number of rotatable bonds is 4. The Hall–Kier alpha value is -3.52. The van der Waals surface area contributed by atoms with E-state index in [0.29, 0.717) is 11.3 Å². The predicted molar refractivity (Wildman–Crippen MR) is 97.3 cm³/mol. The van der Waals surface area contributed by atoms with Gasteiger partial charge >= 0.3 is 0 Å². The summed E-state index contributed by atoms with van der Waals surface area (Å²) in [5.41, 5.74) is 9.55. The first kappa shape index (κ1) is 16.3. The van der Waals surface area contributed by atoms with Crippen molar-refractivity contribution in [3.05, 3.63) is 60.2 Å². The molecule has 2 aromatic carbocycles. The standard InChI is InChI=1S/C20H17N3O2/c1-24-15-8-6-13(7-9-15)17-11-19(23-20(22)18(17)12-21)14-4-3-5-16(10-14)25-2/h3-11H,1-2H3,(H2,22,23). The van der Waals surface area contributed by atoms with Crippen LogP contribution in [0, 0.1) is 11.3 Å². The summed E-state index contributed by atoms with van der Waals surface area (Å²) in [6.45, 7) is 0. The Morgan fingerprint density at radius 3 is 2.28 bits per heavy atom. The highest BCUT2D eigenvalue weighted by Gasteiger charge is 2.14. The first-order chi connectivity index (χ1) is 12.2. The lowest BCUT2D eigenvalue weighted by atomic mass is 9.98. The van der Waals surface area contributed by atoms with Gasteiger partial charge < -0.3 is 15.2 Å². The molecule has 0 aliphatic heterocycles. The van der Waals surface area contributed by atoms with E-state index in [9.17, 15) is 5.26 Å². The molecular formula is C20H17N3O2. The van der Waals surface area contributed by atoms with Crippen LogP contribution in [0.5, 0.6) is 11.5 Å². The molecule has 0 aliphatic rings. The molecule has 0 saturated carbocycles. The zero-order valence-corrected chi connectivity index (χ0v) is 14.0. The Labute approximate surface area is 146 Å². The van der Waals surface area contributed by atoms with Crippen molar-refractivity contribution in [3.63, 3.8) is 0 Å². The molecule has 0 unspecified atom stereocenters. The van der Waals surface area contributed by atoms with E-state index in [1.165, 1.54) is 0 Å². The van der Waals surface area contributed by atoms with Crippen LogP contribution in [0.15, 0.2) is 54.6 Å². The molecule has 0 saturated heterocycles. The molecule has 5 nitrogen and oxygen atoms in total. The molecular weight excluding hydrogens is 314 g/mol. The minimum absolute atomic E-state index is 0.202. The number of hydrogen-bond donors (Lipinski definition) is 1. The van der Waals surface area contributed by atoms with Crippen LogP contribution in [0.3, 0.4) is 0 Å². The number of aromatic nitrogens is 1. The predicted octanol–water partition coefficient (Wildman–Crippen LogP) is 3.89. The van der Waals surface area contributed by atoms with Crippen molar-refractivity contribution in [1.82, 2.24) is 4.98 Å². The molecule has 1 heterocycles. The van der Waals surface area contributed by atoms with Crippen molar-refractivity contribution in [3.8, 4) is 40.0 Å². The molecule has 3 rings (SSSR count). The van der Waals surface area contributed by atoms with Gasteiger partial charge in [0.05, 0.1) is 19.9 Å². The Morgan fingerprint density at radius 2 is 1.64 bits per heavy atom. The van der Waals surface area contributed by atoms with Gasteiger partial charge in [0.1, 0.15) is 28.9 Å². The monoisotopic (exact) mass is 331 g/mol. The van der Waals surface area contributed by atoms with Crippen LogP contribution in [0.1, 0.15) is 5.56 Å². The number of nitrogens with two attached hydrogens (primary N) is 1. The number of methoxy groups -OCH3 is 2. The molecule has 0 atom stereocenters. The molecule has 3 aromatic rings. The van der Waals surface area contributed by atoms with Crippen molar-refractivity contribution in [1.29, 1.82) is 5.26 Å². The SMILES string of the molecule is COc1ccc(-c2cc(-c3cccc(OC)c3)nc(N)c2C#N)cc1. The number of ether oxygens (including phenoxy) is 2. The average molecular weight is 331 g/mol. The summed E-state index contributed by atoms with van der Waals surface area (Å²) in [7, 11) is 3.23. The molecule has 0 radical (unpaired) electrons. The topological polar surface area (TPSA) is 81.2 Å². The van der Waals surface area contributed by atoms with Crippen molar-refractivity contribution in [2.75, 3.05) is 20.0 Å². The number of benzene rings is 2. The summed E-state index contributed by atoms with van der Waals surface area (Å²) in [4.78, 5) is 4.38. The average Bonchev–Trinajstić information content (AvgIpc) is 2.67. The largest absolute Gasteiger partial charge is 0.497 e. The molecule has 0 aliphatic carbocycles. The van der Waals surface area contributed by atoms with Gasteiger partial charge in [0.2, 0.25) is 0 Å². The lowest BCUT2D eigenvalue weighted by Crippen LogP contribution is -2.00. The molecule has 0 amide bonds. The molecule has 0 bridgehead atoms. The third-order valence-electron chi connectivity index (χ3n) is 3.93. The normalized spacial score (nSPS) is 10.1. The summed E-state index contributed by atoms with van der Waals surface area (Å²) in [6, 6.07) is 19.0. The van der Waals surface area contributed by atoms with E-state index in [4.69, 9.17) is 15.2 Å². The number of nitrogen functional groups attached to an aromatic ring is 1. The second-order valence-corrected chi connectivity index (χ2v) is 5.39. The zero-order valence-electron chi connectivity index (χ0n) is 14.0. The fourth-order valence-corrected chi connectivity index (χ4v) is 2.61. The molecule has 5 heteroatoms. The molecule has 1 aromatic heterocycles. The van der Waals surface area contributed by atoms with Gasteiger partial charge in [-0.15, -0.1) is 0 Å². The van der Waals surface area contributed by atoms with Gasteiger partial charge in [0.15, 0.2) is 0 Å². The van der Waals surface area contributed by atoms with E-state index in [1.54, 1.807) is 14.2 Å². The van der Waals surface area contributed by atoms with Gasteiger partial charge in [-0.25, -0.2) is 4.98 Å². The number of nitriles is 1. The van der Waals surface area contributed by atoms with Crippen LogP contribution in [-0.2, 0) is 0 Å². The van der Waals surface area contributed by atoms with E-state index in [2.05, 4.69) is 11.1 Å². The van der Waals surface area contributed by atoms with Crippen molar-refractivity contribution < 1.29 is 9.47 Å². The summed E-state index contributed by atoms with van der Waals surface area (Å²) in [5.74, 6) is 1.68. The van der Waals surface area contributed by atoms with Gasteiger partial charge in [-0.3, -0.25) is 0 Å². The highest BCUT2D eigenvalue weighted by atomic mass is 16.5. The fraction of sp³-hybridized carbons (Fsp3) is 0.100. The maximum atomic E-state index is 9.49. The van der Waals surface area contributed by atoms with E-state index in [-0.39, 0.29) is 5.82 Å². The van der Waals surface area contributed by atoms with Crippen molar-refractivity contribution >= 4 is 5.82 Å². The van der Waals surface area contributed by atoms with Gasteiger partial charge in [0.25, 0.3) is 0 Å². The van der Waals surface area contributed by atoms with Crippen LogP contribution in [0.25, 0.3) is 22.4 Å². The van der Waals surface area contributed by atoms with Gasteiger partial charge in [-0.2, -0.15) is 5.26 Å². The number of pyridine rings is 1. The number of anilines is 1.